The van der Waals surface area contributed by atoms with Gasteiger partial charge in [-0.05, 0) is 19.8 Å². The Balaban J connectivity index is 1.67. The van der Waals surface area contributed by atoms with Gasteiger partial charge in [0.15, 0.2) is 0 Å². The topological polar surface area (TPSA) is 54.0 Å². The Bertz CT molecular complexity index is 346. The van der Waals surface area contributed by atoms with Gasteiger partial charge in [-0.15, -0.1) is 11.3 Å². The van der Waals surface area contributed by atoms with Crippen LogP contribution in [0.5, 0.6) is 0 Å². The van der Waals surface area contributed by atoms with Gasteiger partial charge in [0.25, 0.3) is 5.91 Å². The molecule has 1 aromatic rings. The average Bonchev–Trinajstić information content (AvgIpc) is 2.94. The average molecular weight is 225 g/mol. The molecule has 1 aliphatic rings. The van der Waals surface area contributed by atoms with Crippen LogP contribution in [0.2, 0.25) is 0 Å². The summed E-state index contributed by atoms with van der Waals surface area (Å²) in [5.41, 5.74) is 0.531. The second kappa shape index (κ2) is 4.72. The Labute approximate surface area is 93.1 Å². The van der Waals surface area contributed by atoms with Crippen molar-refractivity contribution >= 4 is 17.2 Å². The minimum Gasteiger partial charge on any atom is -0.349 e. The van der Waals surface area contributed by atoms with E-state index in [9.17, 15) is 4.79 Å². The summed E-state index contributed by atoms with van der Waals surface area (Å²) < 4.78 is 0. The molecule has 0 aliphatic heterocycles. The molecule has 1 fully saturated rings. The summed E-state index contributed by atoms with van der Waals surface area (Å²) in [6.07, 6.45) is 2.55. The molecule has 5 heteroatoms. The van der Waals surface area contributed by atoms with E-state index in [4.69, 9.17) is 0 Å². The first-order chi connectivity index (χ1) is 7.25. The fraction of sp³-hybridized carbons (Fsp3) is 0.600. The van der Waals surface area contributed by atoms with E-state index in [0.29, 0.717) is 18.3 Å². The second-order valence-corrected chi connectivity index (χ2v) is 4.80. The minimum absolute atomic E-state index is 0.0723. The molecule has 0 spiro atoms. The molecule has 0 atom stereocenters. The van der Waals surface area contributed by atoms with Crippen molar-refractivity contribution in [1.82, 2.24) is 15.6 Å². The summed E-state index contributed by atoms with van der Waals surface area (Å²) in [5.74, 6) is -0.0723. The fourth-order valence-corrected chi connectivity index (χ4v) is 1.89. The van der Waals surface area contributed by atoms with Crippen molar-refractivity contribution in [3.05, 3.63) is 16.1 Å². The highest BCUT2D eigenvalue weighted by molar-refractivity contribution is 7.09. The number of hydrogen-bond donors (Lipinski definition) is 2. The zero-order chi connectivity index (χ0) is 10.7. The smallest absolute Gasteiger partial charge is 0.270 e. The van der Waals surface area contributed by atoms with Crippen LogP contribution < -0.4 is 10.6 Å². The molecule has 1 heterocycles. The number of rotatable bonds is 5. The number of thiazole rings is 1. The third kappa shape index (κ3) is 3.28. The molecule has 15 heavy (non-hydrogen) atoms. The monoisotopic (exact) mass is 225 g/mol. The maximum Gasteiger partial charge on any atom is 0.270 e. The SMILES string of the molecule is Cc1nc(C(=O)NCCNC2CC2)cs1. The molecule has 1 saturated carbocycles. The predicted octanol–water partition coefficient (Wildman–Crippen LogP) is 0.933. The first-order valence-corrected chi connectivity index (χ1v) is 6.07. The van der Waals surface area contributed by atoms with Gasteiger partial charge in [-0.3, -0.25) is 4.79 Å². The van der Waals surface area contributed by atoms with Crippen molar-refractivity contribution in [3.8, 4) is 0 Å². The minimum atomic E-state index is -0.0723. The highest BCUT2D eigenvalue weighted by Gasteiger charge is 2.19. The first kappa shape index (κ1) is 10.6. The summed E-state index contributed by atoms with van der Waals surface area (Å²) >= 11 is 1.50. The lowest BCUT2D eigenvalue weighted by molar-refractivity contribution is 0.0949. The highest BCUT2D eigenvalue weighted by atomic mass is 32.1. The van der Waals surface area contributed by atoms with E-state index in [1.807, 2.05) is 6.92 Å². The molecule has 0 unspecified atom stereocenters. The number of nitrogens with zero attached hydrogens (tertiary/aromatic N) is 1. The molecule has 0 aromatic carbocycles. The number of carbonyl (C=O) groups is 1. The van der Waals surface area contributed by atoms with Gasteiger partial charge >= 0.3 is 0 Å². The van der Waals surface area contributed by atoms with Gasteiger partial charge in [0.2, 0.25) is 0 Å². The summed E-state index contributed by atoms with van der Waals surface area (Å²) in [6.45, 7) is 3.42. The number of nitrogens with one attached hydrogen (secondary N) is 2. The highest BCUT2D eigenvalue weighted by Crippen LogP contribution is 2.17. The Morgan fingerprint density at radius 3 is 3.00 bits per heavy atom. The Morgan fingerprint density at radius 2 is 2.40 bits per heavy atom. The van der Waals surface area contributed by atoms with Crippen molar-refractivity contribution < 1.29 is 4.79 Å². The van der Waals surface area contributed by atoms with Crippen LogP contribution in [-0.2, 0) is 0 Å². The predicted molar refractivity (Wildman–Crippen MR) is 60.2 cm³/mol. The van der Waals surface area contributed by atoms with Gasteiger partial charge in [0.1, 0.15) is 5.69 Å². The molecule has 1 amide bonds. The van der Waals surface area contributed by atoms with Crippen LogP contribution in [0.25, 0.3) is 0 Å². The van der Waals surface area contributed by atoms with E-state index in [1.54, 1.807) is 5.38 Å². The third-order valence-electron chi connectivity index (χ3n) is 2.27. The van der Waals surface area contributed by atoms with Gasteiger partial charge in [-0.1, -0.05) is 0 Å². The van der Waals surface area contributed by atoms with Crippen molar-refractivity contribution in [3.63, 3.8) is 0 Å². The number of aryl methyl sites for hydroxylation is 1. The van der Waals surface area contributed by atoms with E-state index < -0.39 is 0 Å². The van der Waals surface area contributed by atoms with Gasteiger partial charge in [-0.25, -0.2) is 4.98 Å². The number of hydrogen-bond acceptors (Lipinski definition) is 4. The van der Waals surface area contributed by atoms with E-state index in [1.165, 1.54) is 24.2 Å². The maximum atomic E-state index is 11.5. The van der Waals surface area contributed by atoms with Crippen molar-refractivity contribution in [2.45, 2.75) is 25.8 Å². The summed E-state index contributed by atoms with van der Waals surface area (Å²) in [7, 11) is 0. The number of amides is 1. The Kier molecular flexibility index (Phi) is 3.33. The zero-order valence-electron chi connectivity index (χ0n) is 8.75. The number of aromatic nitrogens is 1. The molecule has 0 radical (unpaired) electrons. The summed E-state index contributed by atoms with van der Waals surface area (Å²) in [6, 6.07) is 0.698. The Hall–Kier alpha value is -0.940. The van der Waals surface area contributed by atoms with E-state index >= 15 is 0 Å². The maximum absolute atomic E-state index is 11.5. The lowest BCUT2D eigenvalue weighted by Crippen LogP contribution is -2.32. The van der Waals surface area contributed by atoms with Crippen molar-refractivity contribution in [2.24, 2.45) is 0 Å². The van der Waals surface area contributed by atoms with Gasteiger partial charge in [-0.2, -0.15) is 0 Å². The quantitative estimate of drug-likeness (QED) is 0.733. The van der Waals surface area contributed by atoms with Crippen LogP contribution in [0.15, 0.2) is 5.38 Å². The van der Waals surface area contributed by atoms with Gasteiger partial charge in [0.05, 0.1) is 5.01 Å². The van der Waals surface area contributed by atoms with E-state index in [2.05, 4.69) is 15.6 Å². The summed E-state index contributed by atoms with van der Waals surface area (Å²) in [4.78, 5) is 15.6. The van der Waals surface area contributed by atoms with Crippen LogP contribution in [-0.4, -0.2) is 30.0 Å². The van der Waals surface area contributed by atoms with Crippen LogP contribution >= 0.6 is 11.3 Å². The molecule has 1 aliphatic carbocycles. The molecule has 4 nitrogen and oxygen atoms in total. The van der Waals surface area contributed by atoms with Crippen LogP contribution in [0, 0.1) is 6.92 Å². The lowest BCUT2D eigenvalue weighted by atomic mass is 10.4. The van der Waals surface area contributed by atoms with Crippen LogP contribution in [0.4, 0.5) is 0 Å². The second-order valence-electron chi connectivity index (χ2n) is 3.74. The van der Waals surface area contributed by atoms with Crippen molar-refractivity contribution in [1.29, 1.82) is 0 Å². The molecule has 2 N–H and O–H groups in total. The third-order valence-corrected chi connectivity index (χ3v) is 3.05. The number of carbonyl (C=O) groups excluding carboxylic acids is 1. The molecule has 82 valence electrons. The van der Waals surface area contributed by atoms with Crippen LogP contribution in [0.1, 0.15) is 28.3 Å². The fourth-order valence-electron chi connectivity index (χ4n) is 1.30. The lowest BCUT2D eigenvalue weighted by Gasteiger charge is -2.03. The van der Waals surface area contributed by atoms with Crippen LogP contribution in [0.3, 0.4) is 0 Å². The normalized spacial score (nSPS) is 15.3. The molecule has 1 aromatic heterocycles. The standard InChI is InChI=1S/C10H15N3OS/c1-7-13-9(6-15-7)10(14)12-5-4-11-8-2-3-8/h6,8,11H,2-5H2,1H3,(H,12,14). The van der Waals surface area contributed by atoms with E-state index in [-0.39, 0.29) is 5.91 Å². The summed E-state index contributed by atoms with van der Waals surface area (Å²) in [5, 5.41) is 8.89. The molecular weight excluding hydrogens is 210 g/mol. The largest absolute Gasteiger partial charge is 0.349 e. The molecule has 0 saturated heterocycles. The van der Waals surface area contributed by atoms with Gasteiger partial charge in [0, 0.05) is 24.5 Å². The zero-order valence-corrected chi connectivity index (χ0v) is 9.56. The van der Waals surface area contributed by atoms with E-state index in [0.717, 1.165) is 11.6 Å². The molecular formula is C10H15N3OS. The molecule has 0 bridgehead atoms. The molecule has 2 rings (SSSR count). The Morgan fingerprint density at radius 1 is 1.60 bits per heavy atom. The van der Waals surface area contributed by atoms with Gasteiger partial charge < -0.3 is 10.6 Å². The first-order valence-electron chi connectivity index (χ1n) is 5.19. The van der Waals surface area contributed by atoms with Crippen molar-refractivity contribution in [2.75, 3.05) is 13.1 Å².